The highest BCUT2D eigenvalue weighted by Gasteiger charge is 2.61. The number of methoxy groups -OCH3 is 1. The van der Waals surface area contributed by atoms with Crippen LogP contribution in [0.4, 0.5) is 4.79 Å². The molecule has 6 N–H and O–H groups in total. The highest BCUT2D eigenvalue weighted by atomic mass is 16.6. The largest absolute Gasteiger partial charge is 0.508 e. The Morgan fingerprint density at radius 3 is 1.98 bits per heavy atom. The molecule has 54 heavy (non-hydrogen) atoms. The maximum Gasteiger partial charge on any atom is 0.408 e. The number of hydrogen-bond acceptors (Lipinski definition) is 9. The lowest BCUT2D eigenvalue weighted by atomic mass is 9.47. The van der Waals surface area contributed by atoms with Gasteiger partial charge < -0.3 is 41.2 Å². The second-order valence-corrected chi connectivity index (χ2v) is 16.3. The van der Waals surface area contributed by atoms with Crippen LogP contribution in [0.25, 0.3) is 0 Å². The first-order chi connectivity index (χ1) is 25.5. The topological polar surface area (TPSA) is 201 Å². The fourth-order valence-electron chi connectivity index (χ4n) is 8.74. The Kier molecular flexibility index (Phi) is 12.2. The lowest BCUT2D eigenvalue weighted by Gasteiger charge is -2.60. The Hall–Kier alpha value is -5.14. The van der Waals surface area contributed by atoms with Crippen molar-refractivity contribution in [2.45, 2.75) is 108 Å². The third-order valence-corrected chi connectivity index (χ3v) is 10.6. The van der Waals surface area contributed by atoms with Crippen molar-refractivity contribution in [1.82, 2.24) is 26.6 Å². The first kappa shape index (κ1) is 40.1. The molecule has 0 spiro atoms. The quantitative estimate of drug-likeness (QED) is 0.157. The van der Waals surface area contributed by atoms with Crippen LogP contribution >= 0.6 is 0 Å². The third kappa shape index (κ3) is 10.3. The summed E-state index contributed by atoms with van der Waals surface area (Å²) in [5, 5.41) is 23.4. The Morgan fingerprint density at radius 1 is 0.796 bits per heavy atom. The highest BCUT2D eigenvalue weighted by molar-refractivity contribution is 5.94. The molecule has 0 aromatic heterocycles. The molecule has 6 rings (SSSR count). The van der Waals surface area contributed by atoms with E-state index in [4.69, 9.17) is 9.47 Å². The first-order valence-corrected chi connectivity index (χ1v) is 18.6. The first-order valence-electron chi connectivity index (χ1n) is 18.6. The lowest BCUT2D eigenvalue weighted by Crippen LogP contribution is -2.66. The molecule has 0 heterocycles. The van der Waals surface area contributed by atoms with Gasteiger partial charge in [-0.15, -0.1) is 0 Å². The predicted molar refractivity (Wildman–Crippen MR) is 198 cm³/mol. The van der Waals surface area contributed by atoms with Gasteiger partial charge in [-0.3, -0.25) is 24.0 Å². The Bertz CT molecular complexity index is 1690. The van der Waals surface area contributed by atoms with Crippen LogP contribution in [-0.4, -0.2) is 83.7 Å². The number of carbonyl (C=O) groups is 6. The number of alkyl carbamates (subject to hydrolysis) is 1. The number of esters is 1. The Morgan fingerprint density at radius 2 is 1.39 bits per heavy atom. The van der Waals surface area contributed by atoms with Gasteiger partial charge in [0.2, 0.25) is 23.6 Å². The molecule has 4 aliphatic rings. The van der Waals surface area contributed by atoms with E-state index in [0.717, 1.165) is 37.7 Å². The van der Waals surface area contributed by atoms with Crippen LogP contribution in [0.1, 0.15) is 77.3 Å². The van der Waals surface area contributed by atoms with E-state index in [1.165, 1.54) is 26.2 Å². The summed E-state index contributed by atoms with van der Waals surface area (Å²) in [6.45, 7) is 6.03. The highest BCUT2D eigenvalue weighted by Crippen LogP contribution is 2.62. The van der Waals surface area contributed by atoms with E-state index in [9.17, 15) is 33.9 Å². The molecule has 4 fully saturated rings. The number of aromatic hydroxyl groups is 1. The van der Waals surface area contributed by atoms with Crippen molar-refractivity contribution in [2.75, 3.05) is 13.7 Å². The zero-order valence-corrected chi connectivity index (χ0v) is 31.7. The van der Waals surface area contributed by atoms with Crippen LogP contribution in [0, 0.1) is 17.3 Å². The van der Waals surface area contributed by atoms with Gasteiger partial charge in [-0.1, -0.05) is 42.5 Å². The molecule has 2 unspecified atom stereocenters. The average Bonchev–Trinajstić information content (AvgIpc) is 3.09. The number of rotatable bonds is 14. The zero-order valence-electron chi connectivity index (χ0n) is 31.7. The Labute approximate surface area is 315 Å². The monoisotopic (exact) mass is 747 g/mol. The second-order valence-electron chi connectivity index (χ2n) is 16.3. The summed E-state index contributed by atoms with van der Waals surface area (Å²) in [6.07, 6.45) is 4.00. The van der Waals surface area contributed by atoms with Gasteiger partial charge >= 0.3 is 12.1 Å². The normalized spacial score (nSPS) is 24.2. The van der Waals surface area contributed by atoms with E-state index < -0.39 is 65.0 Å². The van der Waals surface area contributed by atoms with E-state index >= 15 is 0 Å². The van der Waals surface area contributed by atoms with Crippen molar-refractivity contribution in [3.8, 4) is 5.75 Å². The third-order valence-electron chi connectivity index (χ3n) is 10.6. The van der Waals surface area contributed by atoms with Gasteiger partial charge in [-0.2, -0.15) is 0 Å². The number of amides is 5. The van der Waals surface area contributed by atoms with Gasteiger partial charge in [0.15, 0.2) is 0 Å². The van der Waals surface area contributed by atoms with Crippen molar-refractivity contribution in [3.05, 3.63) is 65.7 Å². The van der Waals surface area contributed by atoms with Gasteiger partial charge in [0.25, 0.3) is 0 Å². The van der Waals surface area contributed by atoms with Gasteiger partial charge in [0.05, 0.1) is 19.1 Å². The van der Waals surface area contributed by atoms with Crippen molar-refractivity contribution in [3.63, 3.8) is 0 Å². The van der Waals surface area contributed by atoms with Gasteiger partial charge in [-0.05, 0) is 101 Å². The molecule has 0 aliphatic heterocycles. The molecule has 5 amide bonds. The zero-order chi connectivity index (χ0) is 39.3. The molecule has 4 aliphatic carbocycles. The SMILES string of the molecule is COC(=O)C12CC3CC(CC(NC(=O)[C@H](Cc4ccccc4)NC(=O)CNC(=O)[C@@H](C)NC(=O)[C@H](Cc4ccc(O)cc4)NC(=O)OC(C)(C)C)(C3)C1)C2. The molecule has 4 bridgehead atoms. The number of carbonyl (C=O) groups excluding carboxylic acids is 6. The second kappa shape index (κ2) is 16.5. The molecule has 2 aromatic carbocycles. The predicted octanol–water partition coefficient (Wildman–Crippen LogP) is 2.80. The number of benzene rings is 2. The molecular weight excluding hydrogens is 694 g/mol. The molecule has 5 atom stereocenters. The van der Waals surface area contributed by atoms with E-state index in [2.05, 4.69) is 26.6 Å². The molecule has 292 valence electrons. The smallest absolute Gasteiger partial charge is 0.408 e. The molecule has 14 heteroatoms. The molecule has 0 saturated heterocycles. The standard InChI is InChI=1S/C40H53N5O9/c1-24(42-34(49)30(44-37(52)54-38(2,3)4)17-26-11-13-29(46)14-12-26)33(48)41-22-32(47)43-31(16-25-9-7-6-8-10-25)35(50)45-40-20-27-15-28(21-40)19-39(18-27,23-40)36(51)53-5/h6-14,24,27-28,30-31,46H,15-23H2,1-5H3,(H,41,48)(H,42,49)(H,43,47)(H,44,52)(H,45,50)/t24-,27?,28?,30+,31+,39?,40?/m1/s1. The molecule has 14 nitrogen and oxygen atoms in total. The number of phenols is 1. The van der Waals surface area contributed by atoms with Crippen LogP contribution in [0.15, 0.2) is 54.6 Å². The van der Waals surface area contributed by atoms with E-state index in [-0.39, 0.29) is 30.5 Å². The van der Waals surface area contributed by atoms with Crippen LogP contribution in [0.2, 0.25) is 0 Å². The van der Waals surface area contributed by atoms with Crippen molar-refractivity contribution < 1.29 is 43.3 Å². The summed E-state index contributed by atoms with van der Waals surface area (Å²) in [7, 11) is 1.41. The van der Waals surface area contributed by atoms with Crippen LogP contribution in [0.5, 0.6) is 5.75 Å². The average molecular weight is 748 g/mol. The fourth-order valence-corrected chi connectivity index (χ4v) is 8.74. The lowest BCUT2D eigenvalue weighted by molar-refractivity contribution is -0.173. The summed E-state index contributed by atoms with van der Waals surface area (Å²) >= 11 is 0. The van der Waals surface area contributed by atoms with Gasteiger partial charge in [0, 0.05) is 18.4 Å². The maximum atomic E-state index is 14.0. The fraction of sp³-hybridized carbons (Fsp3) is 0.550. The summed E-state index contributed by atoms with van der Waals surface area (Å²) < 4.78 is 10.5. The van der Waals surface area contributed by atoms with E-state index in [1.54, 1.807) is 32.9 Å². The minimum atomic E-state index is -1.13. The minimum Gasteiger partial charge on any atom is -0.508 e. The van der Waals surface area contributed by atoms with Crippen LogP contribution in [-0.2, 0) is 46.3 Å². The minimum absolute atomic E-state index is 0.0392. The molecule has 4 saturated carbocycles. The Balaban J connectivity index is 1.20. The number of phenolic OH excluding ortho intramolecular Hbond substituents is 1. The van der Waals surface area contributed by atoms with Crippen molar-refractivity contribution in [1.29, 1.82) is 0 Å². The maximum absolute atomic E-state index is 14.0. The van der Waals surface area contributed by atoms with Crippen molar-refractivity contribution in [2.24, 2.45) is 17.3 Å². The number of nitrogens with one attached hydrogen (secondary N) is 5. The van der Waals surface area contributed by atoms with Crippen LogP contribution in [0.3, 0.4) is 0 Å². The van der Waals surface area contributed by atoms with Gasteiger partial charge in [0.1, 0.15) is 29.5 Å². The van der Waals surface area contributed by atoms with Crippen molar-refractivity contribution >= 4 is 35.7 Å². The molecule has 0 radical (unpaired) electrons. The summed E-state index contributed by atoms with van der Waals surface area (Å²) in [5.74, 6) is -1.87. The number of ether oxygens (including phenoxy) is 2. The molecule has 2 aromatic rings. The van der Waals surface area contributed by atoms with Crippen LogP contribution < -0.4 is 26.6 Å². The van der Waals surface area contributed by atoms with E-state index in [0.29, 0.717) is 23.8 Å². The molecular formula is C40H53N5O9. The van der Waals surface area contributed by atoms with E-state index in [1.807, 2.05) is 30.3 Å². The summed E-state index contributed by atoms with van der Waals surface area (Å²) in [6, 6.07) is 12.2. The van der Waals surface area contributed by atoms with Gasteiger partial charge in [-0.25, -0.2) is 4.79 Å². The number of hydrogen-bond donors (Lipinski definition) is 6. The summed E-state index contributed by atoms with van der Waals surface area (Å²) in [4.78, 5) is 79.3. The summed E-state index contributed by atoms with van der Waals surface area (Å²) in [5.41, 5.74) is -0.539.